The van der Waals surface area contributed by atoms with Gasteiger partial charge in [-0.1, -0.05) is 54.6 Å². The van der Waals surface area contributed by atoms with Gasteiger partial charge in [0.05, 0.1) is 29.1 Å². The van der Waals surface area contributed by atoms with Crippen LogP contribution in [-0.4, -0.2) is 78.6 Å². The summed E-state index contributed by atoms with van der Waals surface area (Å²) in [5, 5.41) is 0.938. The summed E-state index contributed by atoms with van der Waals surface area (Å²) < 4.78 is 60.0. The van der Waals surface area contributed by atoms with Crippen LogP contribution in [0.1, 0.15) is 18.4 Å². The molecule has 0 saturated carbocycles. The van der Waals surface area contributed by atoms with Crippen LogP contribution in [0.3, 0.4) is 0 Å². The lowest BCUT2D eigenvalue weighted by Crippen LogP contribution is -2.44. The highest BCUT2D eigenvalue weighted by Gasteiger charge is 2.35. The van der Waals surface area contributed by atoms with Crippen LogP contribution in [0.15, 0.2) is 71.6 Å². The van der Waals surface area contributed by atoms with E-state index in [1.54, 1.807) is 12.1 Å². The molecule has 0 spiro atoms. The number of sulfone groups is 1. The molecular formula is C28H37N3O5S2. The predicted octanol–water partition coefficient (Wildman–Crippen LogP) is 3.06. The van der Waals surface area contributed by atoms with Crippen molar-refractivity contribution in [3.63, 3.8) is 0 Å². The number of sulfonamides is 1. The lowest BCUT2D eigenvalue weighted by molar-refractivity contribution is 0.133. The number of nitrogens with two attached hydrogens (primary N) is 1. The molecule has 1 fully saturated rings. The fraction of sp³-hybridized carbons (Fsp3) is 0.429. The molecule has 206 valence electrons. The van der Waals surface area contributed by atoms with Crippen molar-refractivity contribution in [2.24, 2.45) is 5.73 Å². The number of piperidine rings is 1. The molecule has 0 unspecified atom stereocenters. The van der Waals surface area contributed by atoms with Gasteiger partial charge in [-0.15, -0.1) is 0 Å². The number of ether oxygens (including phenoxy) is 1. The van der Waals surface area contributed by atoms with E-state index in [1.165, 1.54) is 4.31 Å². The number of rotatable bonds is 11. The van der Waals surface area contributed by atoms with E-state index >= 15 is 0 Å². The van der Waals surface area contributed by atoms with Gasteiger partial charge in [0.15, 0.2) is 9.84 Å². The van der Waals surface area contributed by atoms with Gasteiger partial charge in [0.1, 0.15) is 0 Å². The first-order valence-electron chi connectivity index (χ1n) is 12.9. The number of anilines is 1. The van der Waals surface area contributed by atoms with E-state index in [0.717, 1.165) is 16.6 Å². The molecule has 0 amide bonds. The molecule has 3 aromatic carbocycles. The molecule has 1 atom stereocenters. The zero-order valence-electron chi connectivity index (χ0n) is 22.0. The molecule has 1 aliphatic heterocycles. The van der Waals surface area contributed by atoms with Crippen LogP contribution in [0.25, 0.3) is 10.8 Å². The second kappa shape index (κ2) is 12.1. The second-order valence-corrected chi connectivity index (χ2v) is 14.3. The van der Waals surface area contributed by atoms with E-state index in [9.17, 15) is 16.8 Å². The molecule has 3 aromatic rings. The summed E-state index contributed by atoms with van der Waals surface area (Å²) in [4.78, 5) is 2.27. The first-order valence-corrected chi connectivity index (χ1v) is 16.0. The summed E-state index contributed by atoms with van der Waals surface area (Å²) in [5.41, 5.74) is 8.17. The highest BCUT2D eigenvalue weighted by molar-refractivity contribution is 7.92. The predicted molar refractivity (Wildman–Crippen MR) is 153 cm³/mol. The first kappa shape index (κ1) is 28.5. The van der Waals surface area contributed by atoms with E-state index < -0.39 is 25.1 Å². The molecule has 1 saturated heterocycles. The first-order chi connectivity index (χ1) is 18.1. The minimum atomic E-state index is -3.63. The molecule has 2 N–H and O–H groups in total. The maximum Gasteiger partial charge on any atom is 0.216 e. The number of hydrogen-bond acceptors (Lipinski definition) is 7. The van der Waals surface area contributed by atoms with Gasteiger partial charge in [0, 0.05) is 49.7 Å². The van der Waals surface area contributed by atoms with E-state index in [4.69, 9.17) is 10.5 Å². The maximum absolute atomic E-state index is 13.6. The highest BCUT2D eigenvalue weighted by Crippen LogP contribution is 2.34. The van der Waals surface area contributed by atoms with Crippen molar-refractivity contribution in [3.05, 3.63) is 72.3 Å². The number of fused-ring (bicyclic) bond motifs is 1. The number of hydrogen-bond donors (Lipinski definition) is 1. The van der Waals surface area contributed by atoms with Gasteiger partial charge in [0.2, 0.25) is 10.0 Å². The van der Waals surface area contributed by atoms with Gasteiger partial charge in [0.25, 0.3) is 0 Å². The van der Waals surface area contributed by atoms with Crippen molar-refractivity contribution in [2.45, 2.75) is 35.4 Å². The van der Waals surface area contributed by atoms with Crippen molar-refractivity contribution >= 4 is 36.3 Å². The summed E-state index contributed by atoms with van der Waals surface area (Å²) in [5.74, 6) is -0.154. The highest BCUT2D eigenvalue weighted by atomic mass is 32.2. The molecule has 4 rings (SSSR count). The topological polar surface area (TPSA) is 110 Å². The summed E-state index contributed by atoms with van der Waals surface area (Å²) in [6, 6.07) is 20.6. The summed E-state index contributed by atoms with van der Waals surface area (Å²) in [7, 11) is -3.34. The van der Waals surface area contributed by atoms with Crippen molar-refractivity contribution in [3.8, 4) is 0 Å². The van der Waals surface area contributed by atoms with Crippen LogP contribution in [-0.2, 0) is 31.0 Å². The normalized spacial score (nSPS) is 16.5. The fourth-order valence-corrected chi connectivity index (χ4v) is 8.30. The quantitative estimate of drug-likeness (QED) is 0.360. The molecule has 0 aliphatic carbocycles. The molecule has 1 aliphatic rings. The summed E-state index contributed by atoms with van der Waals surface area (Å²) in [6.45, 7) is 0.666. The Morgan fingerprint density at radius 3 is 2.26 bits per heavy atom. The standard InChI is InChI=1S/C28H37N3O5S2/c1-30(2)27-12-6-11-26-25(27)10-7-13-28(26)38(34,35)24-14-16-31(17-15-24)37(32,33)19-18-36-21-23(29)20-22-8-4-3-5-9-22/h3-13,23-24H,14-21,29H2,1-2H3/t23-/m0/s1. The maximum atomic E-state index is 13.6. The van der Waals surface area contributed by atoms with Gasteiger partial charge in [-0.05, 0) is 37.0 Å². The van der Waals surface area contributed by atoms with Crippen LogP contribution in [0.4, 0.5) is 5.69 Å². The summed E-state index contributed by atoms with van der Waals surface area (Å²) in [6.07, 6.45) is 1.17. The Bertz CT molecular complexity index is 1440. The Labute approximate surface area is 226 Å². The third-order valence-corrected chi connectivity index (χ3v) is 11.2. The van der Waals surface area contributed by atoms with E-state index in [0.29, 0.717) is 16.7 Å². The molecule has 0 radical (unpaired) electrons. The molecule has 38 heavy (non-hydrogen) atoms. The lowest BCUT2D eigenvalue weighted by atomic mass is 10.1. The second-order valence-electron chi connectivity index (χ2n) is 10.0. The third kappa shape index (κ3) is 6.55. The van der Waals surface area contributed by atoms with Crippen LogP contribution < -0.4 is 10.6 Å². The molecule has 10 heteroatoms. The van der Waals surface area contributed by atoms with Gasteiger partial charge in [-0.2, -0.15) is 0 Å². The lowest BCUT2D eigenvalue weighted by Gasteiger charge is -2.31. The van der Waals surface area contributed by atoms with Gasteiger partial charge >= 0.3 is 0 Å². The number of nitrogens with zero attached hydrogens (tertiary/aromatic N) is 2. The smallest absolute Gasteiger partial charge is 0.216 e. The van der Waals surface area contributed by atoms with Crippen molar-refractivity contribution < 1.29 is 21.6 Å². The zero-order valence-corrected chi connectivity index (χ0v) is 23.6. The Kier molecular flexibility index (Phi) is 9.10. The molecule has 0 aromatic heterocycles. The Hall–Kier alpha value is -2.50. The van der Waals surface area contributed by atoms with Crippen LogP contribution in [0.2, 0.25) is 0 Å². The Morgan fingerprint density at radius 1 is 0.921 bits per heavy atom. The van der Waals surface area contributed by atoms with E-state index in [1.807, 2.05) is 73.6 Å². The fourth-order valence-electron chi connectivity index (χ4n) is 5.01. The van der Waals surface area contributed by atoms with E-state index in [-0.39, 0.29) is 50.9 Å². The SMILES string of the molecule is CN(C)c1cccc2c(S(=O)(=O)C3CCN(S(=O)(=O)CCOC[C@@H](N)Cc4ccccc4)CC3)cccc12. The molecule has 0 bridgehead atoms. The monoisotopic (exact) mass is 559 g/mol. The van der Waals surface area contributed by atoms with Crippen molar-refractivity contribution in [1.29, 1.82) is 0 Å². The van der Waals surface area contributed by atoms with Crippen LogP contribution >= 0.6 is 0 Å². The van der Waals surface area contributed by atoms with Crippen LogP contribution in [0, 0.1) is 0 Å². The third-order valence-electron chi connectivity index (χ3n) is 7.04. The Morgan fingerprint density at radius 2 is 1.58 bits per heavy atom. The van der Waals surface area contributed by atoms with Crippen LogP contribution in [0.5, 0.6) is 0 Å². The average molecular weight is 560 g/mol. The van der Waals surface area contributed by atoms with Gasteiger partial charge < -0.3 is 15.4 Å². The van der Waals surface area contributed by atoms with Crippen molar-refractivity contribution in [2.75, 3.05) is 51.1 Å². The molecular weight excluding hydrogens is 522 g/mol. The average Bonchev–Trinajstić information content (AvgIpc) is 2.91. The number of benzene rings is 3. The summed E-state index contributed by atoms with van der Waals surface area (Å²) >= 11 is 0. The Balaban J connectivity index is 1.33. The van der Waals surface area contributed by atoms with Gasteiger partial charge in [-0.25, -0.2) is 21.1 Å². The van der Waals surface area contributed by atoms with Crippen molar-refractivity contribution in [1.82, 2.24) is 4.31 Å². The minimum Gasteiger partial charge on any atom is -0.379 e. The van der Waals surface area contributed by atoms with E-state index in [2.05, 4.69) is 0 Å². The van der Waals surface area contributed by atoms with Gasteiger partial charge in [-0.3, -0.25) is 0 Å². The minimum absolute atomic E-state index is 0.0489. The molecule has 8 nitrogen and oxygen atoms in total. The largest absolute Gasteiger partial charge is 0.379 e. The zero-order chi connectivity index (χ0) is 27.3. The molecule has 1 heterocycles.